The number of nitrogens with zero attached hydrogens (tertiary/aromatic N) is 5. The van der Waals surface area contributed by atoms with E-state index in [-0.39, 0.29) is 5.91 Å². The summed E-state index contributed by atoms with van der Waals surface area (Å²) in [5, 5.41) is 6.67. The van der Waals surface area contributed by atoms with Gasteiger partial charge in [-0.3, -0.25) is 9.36 Å². The highest BCUT2D eigenvalue weighted by molar-refractivity contribution is 5.83. The SMILES string of the molecule is C[C@H](C(=O)N1CCN(c2ncn[nH]2)CC1)n1c(=O)oc2ccccc21. The van der Waals surface area contributed by atoms with Crippen LogP contribution in [0.25, 0.3) is 11.1 Å². The van der Waals surface area contributed by atoms with E-state index in [0.717, 1.165) is 0 Å². The molecule has 25 heavy (non-hydrogen) atoms. The number of nitrogens with one attached hydrogen (secondary N) is 1. The van der Waals surface area contributed by atoms with Crippen molar-refractivity contribution in [2.75, 3.05) is 31.1 Å². The molecule has 9 heteroatoms. The monoisotopic (exact) mass is 342 g/mol. The Morgan fingerprint density at radius 1 is 1.24 bits per heavy atom. The molecule has 9 nitrogen and oxygen atoms in total. The highest BCUT2D eigenvalue weighted by Crippen LogP contribution is 2.19. The van der Waals surface area contributed by atoms with Gasteiger partial charge in [-0.1, -0.05) is 12.1 Å². The second-order valence-corrected chi connectivity index (χ2v) is 6.00. The van der Waals surface area contributed by atoms with Crippen LogP contribution in [0.15, 0.2) is 39.8 Å². The van der Waals surface area contributed by atoms with E-state index in [1.54, 1.807) is 30.0 Å². The van der Waals surface area contributed by atoms with E-state index in [0.29, 0.717) is 43.2 Å². The van der Waals surface area contributed by atoms with Gasteiger partial charge in [0.1, 0.15) is 12.4 Å². The lowest BCUT2D eigenvalue weighted by molar-refractivity contribution is -0.134. The standard InChI is InChI=1S/C16H18N6O3/c1-11(22-12-4-2-3-5-13(12)25-16(22)24)14(23)20-6-8-21(9-7-20)15-17-10-18-19-15/h2-5,10-11H,6-9H2,1H3,(H,17,18,19)/t11-/m1/s1. The first-order valence-corrected chi connectivity index (χ1v) is 8.14. The molecule has 1 saturated heterocycles. The molecule has 1 N–H and O–H groups in total. The molecule has 3 aromatic rings. The number of rotatable bonds is 3. The van der Waals surface area contributed by atoms with Crippen molar-refractivity contribution in [1.82, 2.24) is 24.6 Å². The molecule has 1 aliphatic rings. The molecule has 0 saturated carbocycles. The topological polar surface area (TPSA) is 100 Å². The molecule has 1 fully saturated rings. The predicted octanol–water partition coefficient (Wildman–Crippen LogP) is 0.622. The molecule has 0 unspecified atom stereocenters. The molecule has 0 spiro atoms. The third kappa shape index (κ3) is 2.67. The molecule has 0 aliphatic carbocycles. The molecule has 3 heterocycles. The molecule has 1 atom stereocenters. The second kappa shape index (κ2) is 6.08. The highest BCUT2D eigenvalue weighted by Gasteiger charge is 2.28. The van der Waals surface area contributed by atoms with Gasteiger partial charge >= 0.3 is 5.76 Å². The fourth-order valence-electron chi connectivity index (χ4n) is 3.22. The number of carbonyl (C=O) groups excluding carboxylic acids is 1. The molecular formula is C16H18N6O3. The molecule has 4 rings (SSSR count). The van der Waals surface area contributed by atoms with Gasteiger partial charge in [-0.15, -0.1) is 0 Å². The number of hydrogen-bond donors (Lipinski definition) is 1. The van der Waals surface area contributed by atoms with E-state index in [1.807, 2.05) is 11.0 Å². The predicted molar refractivity (Wildman–Crippen MR) is 90.4 cm³/mol. The molecule has 130 valence electrons. The summed E-state index contributed by atoms with van der Waals surface area (Å²) in [5.41, 5.74) is 1.12. The van der Waals surface area contributed by atoms with Gasteiger partial charge < -0.3 is 14.2 Å². The minimum absolute atomic E-state index is 0.0918. The van der Waals surface area contributed by atoms with Crippen LogP contribution in [-0.4, -0.2) is 56.7 Å². The summed E-state index contributed by atoms with van der Waals surface area (Å²) < 4.78 is 6.65. The largest absolute Gasteiger partial charge is 0.420 e. The minimum atomic E-state index is -0.618. The van der Waals surface area contributed by atoms with Gasteiger partial charge in [0, 0.05) is 26.2 Å². The number of aromatic nitrogens is 4. The number of amides is 1. The molecule has 1 aliphatic heterocycles. The van der Waals surface area contributed by atoms with Crippen molar-refractivity contribution in [3.05, 3.63) is 41.1 Å². The van der Waals surface area contributed by atoms with E-state index in [1.165, 1.54) is 10.9 Å². The summed E-state index contributed by atoms with van der Waals surface area (Å²) in [4.78, 5) is 33.0. The number of hydrogen-bond acceptors (Lipinski definition) is 6. The van der Waals surface area contributed by atoms with E-state index >= 15 is 0 Å². The maximum Gasteiger partial charge on any atom is 0.420 e. The van der Waals surface area contributed by atoms with Crippen molar-refractivity contribution in [2.45, 2.75) is 13.0 Å². The Hall–Kier alpha value is -3.10. The summed E-state index contributed by atoms with van der Waals surface area (Å²) in [6, 6.07) is 6.51. The average molecular weight is 342 g/mol. The van der Waals surface area contributed by atoms with Gasteiger partial charge in [0.05, 0.1) is 5.52 Å². The average Bonchev–Trinajstić information content (AvgIpc) is 3.27. The van der Waals surface area contributed by atoms with E-state index < -0.39 is 11.8 Å². The van der Waals surface area contributed by atoms with Crippen LogP contribution in [0.3, 0.4) is 0 Å². The van der Waals surface area contributed by atoms with E-state index in [2.05, 4.69) is 15.2 Å². The zero-order valence-corrected chi connectivity index (χ0v) is 13.8. The van der Waals surface area contributed by atoms with Crippen LogP contribution in [0.5, 0.6) is 0 Å². The Bertz CT molecular complexity index is 936. The molecule has 2 aromatic heterocycles. The van der Waals surface area contributed by atoms with Crippen molar-refractivity contribution in [2.24, 2.45) is 0 Å². The Balaban J connectivity index is 1.51. The normalized spacial score (nSPS) is 16.4. The number of H-pyrrole nitrogens is 1. The third-order valence-corrected chi connectivity index (χ3v) is 4.56. The van der Waals surface area contributed by atoms with Crippen LogP contribution in [0.1, 0.15) is 13.0 Å². The van der Waals surface area contributed by atoms with Gasteiger partial charge in [-0.05, 0) is 19.1 Å². The number of fused-ring (bicyclic) bond motifs is 1. The van der Waals surface area contributed by atoms with E-state index in [9.17, 15) is 9.59 Å². The summed E-state index contributed by atoms with van der Waals surface area (Å²) in [6.07, 6.45) is 1.46. The Morgan fingerprint density at radius 3 is 2.72 bits per heavy atom. The van der Waals surface area contributed by atoms with Crippen molar-refractivity contribution < 1.29 is 9.21 Å². The molecular weight excluding hydrogens is 324 g/mol. The quantitative estimate of drug-likeness (QED) is 0.749. The summed E-state index contributed by atoms with van der Waals surface area (Å²) in [7, 11) is 0. The van der Waals surface area contributed by atoms with E-state index in [4.69, 9.17) is 4.42 Å². The lowest BCUT2D eigenvalue weighted by Crippen LogP contribution is -2.51. The molecule has 1 aromatic carbocycles. The highest BCUT2D eigenvalue weighted by atomic mass is 16.4. The second-order valence-electron chi connectivity index (χ2n) is 6.00. The third-order valence-electron chi connectivity index (χ3n) is 4.56. The maximum absolute atomic E-state index is 12.9. The van der Waals surface area contributed by atoms with Gasteiger partial charge in [-0.25, -0.2) is 9.89 Å². The zero-order valence-electron chi connectivity index (χ0n) is 13.8. The number of piperazine rings is 1. The lowest BCUT2D eigenvalue weighted by atomic mass is 10.2. The number of para-hydroxylation sites is 2. The minimum Gasteiger partial charge on any atom is -0.408 e. The summed E-state index contributed by atoms with van der Waals surface area (Å²) >= 11 is 0. The van der Waals surface area contributed by atoms with Crippen LogP contribution in [0.4, 0.5) is 5.95 Å². The Kier molecular flexibility index (Phi) is 3.75. The Morgan fingerprint density at radius 2 is 2.00 bits per heavy atom. The van der Waals surface area contributed by atoms with Crippen LogP contribution in [0.2, 0.25) is 0 Å². The fourth-order valence-corrected chi connectivity index (χ4v) is 3.22. The number of carbonyl (C=O) groups is 1. The lowest BCUT2D eigenvalue weighted by Gasteiger charge is -2.35. The van der Waals surface area contributed by atoms with Gasteiger partial charge in [0.15, 0.2) is 5.58 Å². The first-order valence-electron chi connectivity index (χ1n) is 8.14. The van der Waals surface area contributed by atoms with Crippen molar-refractivity contribution in [3.63, 3.8) is 0 Å². The van der Waals surface area contributed by atoms with Crippen LogP contribution < -0.4 is 10.7 Å². The van der Waals surface area contributed by atoms with Crippen molar-refractivity contribution in [3.8, 4) is 0 Å². The molecule has 1 amide bonds. The van der Waals surface area contributed by atoms with Crippen LogP contribution in [0, 0.1) is 0 Å². The van der Waals surface area contributed by atoms with Gasteiger partial charge in [-0.2, -0.15) is 10.1 Å². The first kappa shape index (κ1) is 15.4. The molecule has 0 radical (unpaired) electrons. The van der Waals surface area contributed by atoms with Crippen molar-refractivity contribution in [1.29, 1.82) is 0 Å². The number of anilines is 1. The van der Waals surface area contributed by atoms with Crippen LogP contribution >= 0.6 is 0 Å². The summed E-state index contributed by atoms with van der Waals surface area (Å²) in [6.45, 7) is 4.18. The van der Waals surface area contributed by atoms with Gasteiger partial charge in [0.2, 0.25) is 11.9 Å². The fraction of sp³-hybridized carbons (Fsp3) is 0.375. The number of aromatic amines is 1. The van der Waals surface area contributed by atoms with Crippen molar-refractivity contribution >= 4 is 23.0 Å². The first-order chi connectivity index (χ1) is 12.1. The summed E-state index contributed by atoms with van der Waals surface area (Å²) in [5.74, 6) is 0.102. The number of oxazole rings is 1. The zero-order chi connectivity index (χ0) is 17.4. The van der Waals surface area contributed by atoms with Gasteiger partial charge in [0.25, 0.3) is 0 Å². The number of benzene rings is 1. The Labute approximate surface area is 142 Å². The van der Waals surface area contributed by atoms with Crippen LogP contribution in [-0.2, 0) is 4.79 Å². The molecule has 0 bridgehead atoms. The maximum atomic E-state index is 12.9. The smallest absolute Gasteiger partial charge is 0.408 e.